The quantitative estimate of drug-likeness (QED) is 0.780. The maximum Gasteiger partial charge on any atom is 0.173 e. The molecule has 0 amide bonds. The summed E-state index contributed by atoms with van der Waals surface area (Å²) in [4.78, 5) is 2.38. The Morgan fingerprint density at radius 1 is 1.20 bits per heavy atom. The van der Waals surface area contributed by atoms with Gasteiger partial charge in [-0.2, -0.15) is 0 Å². The highest BCUT2D eigenvalue weighted by atomic mass is 32.1. The fraction of sp³-hybridized carbons (Fsp3) is 0.588. The van der Waals surface area contributed by atoms with Crippen LogP contribution in [-0.4, -0.2) is 23.1 Å². The second kappa shape index (κ2) is 6.13. The molecule has 0 bridgehead atoms. The van der Waals surface area contributed by atoms with Crippen LogP contribution >= 0.6 is 12.2 Å². The summed E-state index contributed by atoms with van der Waals surface area (Å²) in [6.07, 6.45) is 7.01. The van der Waals surface area contributed by atoms with Gasteiger partial charge in [-0.25, -0.2) is 0 Å². The topological polar surface area (TPSA) is 15.3 Å². The van der Waals surface area contributed by atoms with Gasteiger partial charge in [0.2, 0.25) is 0 Å². The van der Waals surface area contributed by atoms with Crippen molar-refractivity contribution in [1.82, 2.24) is 4.90 Å². The fourth-order valence-corrected chi connectivity index (χ4v) is 3.99. The van der Waals surface area contributed by atoms with E-state index in [1.807, 2.05) is 0 Å². The Hall–Kier alpha value is -1.09. The Morgan fingerprint density at radius 3 is 2.80 bits per heavy atom. The van der Waals surface area contributed by atoms with Crippen LogP contribution in [-0.2, 0) is 0 Å². The van der Waals surface area contributed by atoms with Crippen LogP contribution in [0, 0.1) is 18.8 Å². The number of piperidine rings is 1. The van der Waals surface area contributed by atoms with Crippen molar-refractivity contribution in [3.8, 4) is 0 Å². The molecule has 2 aliphatic rings. The van der Waals surface area contributed by atoms with E-state index in [2.05, 4.69) is 41.4 Å². The molecule has 1 aromatic carbocycles. The second-order valence-electron chi connectivity index (χ2n) is 6.34. The molecule has 1 saturated heterocycles. The Bertz CT molecular complexity index is 486. The van der Waals surface area contributed by atoms with Gasteiger partial charge in [-0.3, -0.25) is 0 Å². The Balaban J connectivity index is 1.60. The van der Waals surface area contributed by atoms with E-state index in [-0.39, 0.29) is 0 Å². The van der Waals surface area contributed by atoms with E-state index in [4.69, 9.17) is 12.2 Å². The van der Waals surface area contributed by atoms with Crippen molar-refractivity contribution in [2.75, 3.05) is 18.4 Å². The van der Waals surface area contributed by atoms with Crippen molar-refractivity contribution >= 4 is 23.0 Å². The van der Waals surface area contributed by atoms with Gasteiger partial charge < -0.3 is 10.2 Å². The fourth-order valence-electron chi connectivity index (χ4n) is 3.71. The lowest BCUT2D eigenvalue weighted by Gasteiger charge is -2.42. The highest BCUT2D eigenvalue weighted by Gasteiger charge is 2.31. The molecule has 108 valence electrons. The van der Waals surface area contributed by atoms with Crippen LogP contribution in [0.2, 0.25) is 0 Å². The molecular formula is C17H24N2S. The van der Waals surface area contributed by atoms with Crippen LogP contribution < -0.4 is 5.32 Å². The standard InChI is InChI=1S/C17H24N2S/c1-13-5-4-8-16(11-13)18-17(20)19-10-9-14-6-2-3-7-15(14)12-19/h4-5,8,11,14-15H,2-3,6-7,9-10,12H2,1H3,(H,18,20)/t14-,15-/m0/s1. The van der Waals surface area contributed by atoms with Gasteiger partial charge in [0.1, 0.15) is 0 Å². The number of anilines is 1. The maximum atomic E-state index is 5.61. The summed E-state index contributed by atoms with van der Waals surface area (Å²) in [7, 11) is 0. The van der Waals surface area contributed by atoms with Crippen LogP contribution in [0.4, 0.5) is 5.69 Å². The van der Waals surface area contributed by atoms with E-state index >= 15 is 0 Å². The van der Waals surface area contributed by atoms with Crippen LogP contribution in [0.1, 0.15) is 37.7 Å². The van der Waals surface area contributed by atoms with Gasteiger partial charge in [0, 0.05) is 18.8 Å². The van der Waals surface area contributed by atoms with Crippen LogP contribution in [0.15, 0.2) is 24.3 Å². The minimum absolute atomic E-state index is 0.870. The van der Waals surface area contributed by atoms with Gasteiger partial charge in [-0.15, -0.1) is 0 Å². The molecule has 3 rings (SSSR count). The van der Waals surface area contributed by atoms with Crippen LogP contribution in [0.5, 0.6) is 0 Å². The third-order valence-corrected chi connectivity index (χ3v) is 5.21. The van der Waals surface area contributed by atoms with E-state index in [0.717, 1.165) is 35.7 Å². The molecule has 2 nitrogen and oxygen atoms in total. The molecule has 1 N–H and O–H groups in total. The molecule has 1 aromatic rings. The first-order chi connectivity index (χ1) is 9.72. The van der Waals surface area contributed by atoms with E-state index in [1.165, 1.54) is 37.7 Å². The molecule has 0 radical (unpaired) electrons. The number of benzene rings is 1. The van der Waals surface area contributed by atoms with Crippen LogP contribution in [0.25, 0.3) is 0 Å². The van der Waals surface area contributed by atoms with Gasteiger partial charge >= 0.3 is 0 Å². The van der Waals surface area contributed by atoms with Crippen molar-refractivity contribution in [3.63, 3.8) is 0 Å². The molecule has 2 fully saturated rings. The summed E-state index contributed by atoms with van der Waals surface area (Å²) in [5, 5.41) is 4.31. The Kier molecular flexibility index (Phi) is 4.25. The largest absolute Gasteiger partial charge is 0.349 e. The molecule has 1 saturated carbocycles. The Morgan fingerprint density at radius 2 is 2.00 bits per heavy atom. The summed E-state index contributed by atoms with van der Waals surface area (Å²) in [5.74, 6) is 1.83. The molecule has 0 spiro atoms. The number of nitrogens with zero attached hydrogens (tertiary/aromatic N) is 1. The molecule has 20 heavy (non-hydrogen) atoms. The van der Waals surface area contributed by atoms with E-state index < -0.39 is 0 Å². The number of aryl methyl sites for hydroxylation is 1. The molecule has 0 aromatic heterocycles. The first-order valence-electron chi connectivity index (χ1n) is 7.85. The van der Waals surface area contributed by atoms with E-state index in [9.17, 15) is 0 Å². The van der Waals surface area contributed by atoms with Gasteiger partial charge in [0.25, 0.3) is 0 Å². The molecule has 2 atom stereocenters. The normalized spacial score (nSPS) is 25.9. The smallest absolute Gasteiger partial charge is 0.173 e. The van der Waals surface area contributed by atoms with E-state index in [0.29, 0.717) is 0 Å². The molecule has 3 heteroatoms. The zero-order valence-electron chi connectivity index (χ0n) is 12.3. The third-order valence-electron chi connectivity index (χ3n) is 4.85. The zero-order valence-corrected chi connectivity index (χ0v) is 13.1. The lowest BCUT2D eigenvalue weighted by molar-refractivity contribution is 0.131. The summed E-state index contributed by atoms with van der Waals surface area (Å²) >= 11 is 5.61. The summed E-state index contributed by atoms with van der Waals surface area (Å²) in [6, 6.07) is 8.43. The minimum atomic E-state index is 0.870. The summed E-state index contributed by atoms with van der Waals surface area (Å²) in [6.45, 7) is 4.39. The number of rotatable bonds is 1. The SMILES string of the molecule is Cc1cccc(NC(=S)N2CC[C@@H]3CCCC[C@H]3C2)c1. The number of hydrogen-bond donors (Lipinski definition) is 1. The zero-order chi connectivity index (χ0) is 13.9. The molecule has 1 aliphatic heterocycles. The molecule has 1 heterocycles. The highest BCUT2D eigenvalue weighted by Crippen LogP contribution is 2.36. The van der Waals surface area contributed by atoms with Crippen molar-refractivity contribution in [3.05, 3.63) is 29.8 Å². The second-order valence-corrected chi connectivity index (χ2v) is 6.73. The van der Waals surface area contributed by atoms with Crippen LogP contribution in [0.3, 0.4) is 0 Å². The maximum absolute atomic E-state index is 5.61. The average Bonchev–Trinajstić information content (AvgIpc) is 2.47. The molecule has 0 unspecified atom stereocenters. The Labute approximate surface area is 127 Å². The lowest BCUT2D eigenvalue weighted by atomic mass is 9.75. The molecule has 1 aliphatic carbocycles. The van der Waals surface area contributed by atoms with Crippen molar-refractivity contribution in [1.29, 1.82) is 0 Å². The number of likely N-dealkylation sites (tertiary alicyclic amines) is 1. The van der Waals surface area contributed by atoms with Gasteiger partial charge in [0.05, 0.1) is 0 Å². The lowest BCUT2D eigenvalue weighted by Crippen LogP contribution is -2.46. The highest BCUT2D eigenvalue weighted by molar-refractivity contribution is 7.80. The number of fused-ring (bicyclic) bond motifs is 1. The first kappa shape index (κ1) is 13.9. The van der Waals surface area contributed by atoms with Crippen molar-refractivity contribution in [2.24, 2.45) is 11.8 Å². The van der Waals surface area contributed by atoms with Gasteiger partial charge in [-0.05, 0) is 61.5 Å². The van der Waals surface area contributed by atoms with Gasteiger partial charge in [0.15, 0.2) is 5.11 Å². The van der Waals surface area contributed by atoms with Crippen molar-refractivity contribution < 1.29 is 0 Å². The van der Waals surface area contributed by atoms with Crippen molar-refractivity contribution in [2.45, 2.75) is 39.0 Å². The monoisotopic (exact) mass is 288 g/mol. The van der Waals surface area contributed by atoms with E-state index in [1.54, 1.807) is 0 Å². The number of thiocarbonyl (C=S) groups is 1. The third kappa shape index (κ3) is 3.14. The number of nitrogens with one attached hydrogen (secondary N) is 1. The summed E-state index contributed by atoms with van der Waals surface area (Å²) < 4.78 is 0. The van der Waals surface area contributed by atoms with Gasteiger partial charge in [-0.1, -0.05) is 31.4 Å². The predicted molar refractivity (Wildman–Crippen MR) is 89.0 cm³/mol. The average molecular weight is 288 g/mol. The number of hydrogen-bond acceptors (Lipinski definition) is 1. The minimum Gasteiger partial charge on any atom is -0.349 e. The molecular weight excluding hydrogens is 264 g/mol. The predicted octanol–water partition coefficient (Wildman–Crippen LogP) is 4.20. The summed E-state index contributed by atoms with van der Waals surface area (Å²) in [5.41, 5.74) is 2.38. The first-order valence-corrected chi connectivity index (χ1v) is 8.26.